The zero-order chi connectivity index (χ0) is 19.1. The molecule has 0 spiro atoms. The molecule has 27 heavy (non-hydrogen) atoms. The van der Waals surface area contributed by atoms with Crippen molar-refractivity contribution in [2.24, 2.45) is 5.10 Å². The lowest BCUT2D eigenvalue weighted by Gasteiger charge is -2.18. The van der Waals surface area contributed by atoms with Gasteiger partial charge in [-0.3, -0.25) is 0 Å². The molecule has 0 N–H and O–H groups in total. The molecule has 1 aliphatic heterocycles. The standard InChI is InChI=1S/C18H10Cl3FN4S/c1-9-23-24-18-26(9)25-17(12-7-15(22)14(21)8-13(12)20)16(27-18)6-10-2-4-11(19)5-3-10/h2-8H,1H3/b16-6-. The van der Waals surface area contributed by atoms with Crippen LogP contribution in [0.2, 0.25) is 15.1 Å². The van der Waals surface area contributed by atoms with E-state index in [9.17, 15) is 4.39 Å². The van der Waals surface area contributed by atoms with E-state index in [1.165, 1.54) is 23.9 Å². The number of nitrogens with zero attached hydrogens (tertiary/aromatic N) is 4. The maximum Gasteiger partial charge on any atom is 0.216 e. The first kappa shape index (κ1) is 18.5. The van der Waals surface area contributed by atoms with E-state index in [4.69, 9.17) is 34.8 Å². The molecule has 3 aromatic rings. The Morgan fingerprint density at radius 3 is 2.52 bits per heavy atom. The zero-order valence-corrected chi connectivity index (χ0v) is 16.8. The molecular formula is C18H10Cl3FN4S. The third kappa shape index (κ3) is 3.62. The Hall–Kier alpha value is -1.86. The highest BCUT2D eigenvalue weighted by Gasteiger charge is 2.25. The molecule has 2 heterocycles. The fraction of sp³-hybridized carbons (Fsp3) is 0.0556. The predicted molar refractivity (Wildman–Crippen MR) is 108 cm³/mol. The van der Waals surface area contributed by atoms with Crippen molar-refractivity contribution in [1.29, 1.82) is 0 Å². The van der Waals surface area contributed by atoms with Gasteiger partial charge in [0.1, 0.15) is 11.5 Å². The number of halogens is 4. The van der Waals surface area contributed by atoms with Crippen molar-refractivity contribution in [3.8, 4) is 0 Å². The Kier molecular flexibility index (Phi) is 4.99. The van der Waals surface area contributed by atoms with E-state index in [1.54, 1.807) is 23.7 Å². The van der Waals surface area contributed by atoms with Crippen LogP contribution in [0.4, 0.5) is 4.39 Å². The highest BCUT2D eigenvalue weighted by molar-refractivity contribution is 8.04. The zero-order valence-electron chi connectivity index (χ0n) is 13.8. The second kappa shape index (κ2) is 7.28. The summed E-state index contributed by atoms with van der Waals surface area (Å²) in [6, 6.07) is 9.99. The van der Waals surface area contributed by atoms with E-state index in [2.05, 4.69) is 15.3 Å². The molecule has 1 aromatic heterocycles. The molecule has 0 bridgehead atoms. The van der Waals surface area contributed by atoms with Crippen molar-refractivity contribution in [3.63, 3.8) is 0 Å². The van der Waals surface area contributed by atoms with Gasteiger partial charge in [0.15, 0.2) is 5.82 Å². The number of fused-ring (bicyclic) bond motifs is 1. The van der Waals surface area contributed by atoms with E-state index >= 15 is 0 Å². The number of rotatable bonds is 2. The molecule has 1 aliphatic rings. The van der Waals surface area contributed by atoms with Crippen molar-refractivity contribution in [1.82, 2.24) is 14.9 Å². The van der Waals surface area contributed by atoms with E-state index < -0.39 is 5.82 Å². The van der Waals surface area contributed by atoms with Gasteiger partial charge in [-0.05, 0) is 54.6 Å². The van der Waals surface area contributed by atoms with Crippen molar-refractivity contribution >= 4 is 58.4 Å². The monoisotopic (exact) mass is 438 g/mol. The third-order valence-corrected chi connectivity index (χ3v) is 5.66. The summed E-state index contributed by atoms with van der Waals surface area (Å²) in [7, 11) is 0. The summed E-state index contributed by atoms with van der Waals surface area (Å²) >= 11 is 19.5. The van der Waals surface area contributed by atoms with Crippen molar-refractivity contribution in [3.05, 3.63) is 79.1 Å². The molecule has 2 aromatic carbocycles. The van der Waals surface area contributed by atoms with Gasteiger partial charge in [0.25, 0.3) is 0 Å². The van der Waals surface area contributed by atoms with Crippen molar-refractivity contribution < 1.29 is 4.39 Å². The van der Waals surface area contributed by atoms with Crippen LogP contribution in [0, 0.1) is 12.7 Å². The second-order valence-electron chi connectivity index (χ2n) is 5.70. The number of allylic oxidation sites excluding steroid dienone is 1. The van der Waals surface area contributed by atoms with Gasteiger partial charge in [0.05, 0.1) is 10.0 Å². The first-order valence-electron chi connectivity index (χ1n) is 7.74. The highest BCUT2D eigenvalue weighted by atomic mass is 35.5. The molecule has 0 saturated carbocycles. The van der Waals surface area contributed by atoms with Crippen LogP contribution in [0.15, 0.2) is 51.6 Å². The number of aromatic nitrogens is 3. The van der Waals surface area contributed by atoms with Crippen molar-refractivity contribution in [2.75, 3.05) is 0 Å². The molecule has 0 atom stereocenters. The Morgan fingerprint density at radius 2 is 1.78 bits per heavy atom. The maximum absolute atomic E-state index is 14.1. The summed E-state index contributed by atoms with van der Waals surface area (Å²) in [6.07, 6.45) is 1.91. The van der Waals surface area contributed by atoms with Crippen LogP contribution in [0.25, 0.3) is 6.08 Å². The highest BCUT2D eigenvalue weighted by Crippen LogP contribution is 2.37. The number of thioether (sulfide) groups is 1. The summed E-state index contributed by atoms with van der Waals surface area (Å²) in [6.45, 7) is 1.79. The van der Waals surface area contributed by atoms with Crippen LogP contribution in [-0.2, 0) is 0 Å². The first-order valence-corrected chi connectivity index (χ1v) is 9.69. The molecule has 0 amide bonds. The normalized spacial score (nSPS) is 15.0. The third-order valence-electron chi connectivity index (χ3n) is 3.84. The van der Waals surface area contributed by atoms with Gasteiger partial charge < -0.3 is 0 Å². The predicted octanol–water partition coefficient (Wildman–Crippen LogP) is 6.09. The van der Waals surface area contributed by atoms with Crippen LogP contribution in [0.3, 0.4) is 0 Å². The minimum absolute atomic E-state index is 0.0442. The van der Waals surface area contributed by atoms with E-state index in [-0.39, 0.29) is 5.02 Å². The van der Waals surface area contributed by atoms with Crippen molar-refractivity contribution in [2.45, 2.75) is 12.1 Å². The smallest absolute Gasteiger partial charge is 0.205 e. The maximum atomic E-state index is 14.1. The van der Waals surface area contributed by atoms with Crippen LogP contribution >= 0.6 is 46.6 Å². The largest absolute Gasteiger partial charge is 0.216 e. The molecule has 9 heteroatoms. The van der Waals surface area contributed by atoms with Gasteiger partial charge in [-0.15, -0.1) is 10.2 Å². The summed E-state index contributed by atoms with van der Waals surface area (Å²) in [5, 5.41) is 14.3. The van der Waals surface area contributed by atoms with Crippen LogP contribution in [-0.4, -0.2) is 20.6 Å². The van der Waals surface area contributed by atoms with Crippen LogP contribution < -0.4 is 0 Å². The summed E-state index contributed by atoms with van der Waals surface area (Å²) in [4.78, 5) is 0.751. The summed E-state index contributed by atoms with van der Waals surface area (Å²) in [5.41, 5.74) is 1.85. The van der Waals surface area contributed by atoms with Gasteiger partial charge in [-0.1, -0.05) is 46.9 Å². The van der Waals surface area contributed by atoms with Gasteiger partial charge in [-0.25, -0.2) is 4.39 Å². The van der Waals surface area contributed by atoms with Crippen LogP contribution in [0.5, 0.6) is 0 Å². The summed E-state index contributed by atoms with van der Waals surface area (Å²) < 4.78 is 15.7. The minimum atomic E-state index is -0.569. The summed E-state index contributed by atoms with van der Waals surface area (Å²) in [5.74, 6) is 0.0481. The molecule has 136 valence electrons. The molecule has 0 aliphatic carbocycles. The molecule has 0 saturated heterocycles. The second-order valence-corrected chi connectivity index (χ2v) is 7.96. The fourth-order valence-corrected chi connectivity index (χ4v) is 4.09. The van der Waals surface area contributed by atoms with E-state index in [0.717, 1.165) is 10.5 Å². The topological polar surface area (TPSA) is 43.1 Å². The number of hydrogen-bond donors (Lipinski definition) is 0. The fourth-order valence-electron chi connectivity index (χ4n) is 2.51. The lowest BCUT2D eigenvalue weighted by atomic mass is 10.1. The lowest BCUT2D eigenvalue weighted by Crippen LogP contribution is -2.13. The molecule has 0 unspecified atom stereocenters. The number of benzene rings is 2. The first-order chi connectivity index (χ1) is 12.9. The molecule has 4 rings (SSSR count). The van der Waals surface area contributed by atoms with Gasteiger partial charge in [0.2, 0.25) is 5.16 Å². The Bertz CT molecular complexity index is 1110. The Labute approximate surface area is 173 Å². The quantitative estimate of drug-likeness (QED) is 0.454. The molecule has 0 radical (unpaired) electrons. The van der Waals surface area contributed by atoms with Gasteiger partial charge in [0, 0.05) is 15.5 Å². The van der Waals surface area contributed by atoms with Gasteiger partial charge >= 0.3 is 0 Å². The Morgan fingerprint density at radius 1 is 1.04 bits per heavy atom. The molecular weight excluding hydrogens is 430 g/mol. The number of aryl methyl sites for hydroxylation is 1. The van der Waals surface area contributed by atoms with E-state index in [1.807, 2.05) is 18.2 Å². The average Bonchev–Trinajstić information content (AvgIpc) is 3.00. The van der Waals surface area contributed by atoms with E-state index in [0.29, 0.717) is 32.3 Å². The average molecular weight is 440 g/mol. The van der Waals surface area contributed by atoms with Gasteiger partial charge in [-0.2, -0.15) is 9.78 Å². The van der Waals surface area contributed by atoms with Crippen LogP contribution in [0.1, 0.15) is 17.0 Å². The Balaban J connectivity index is 1.90. The lowest BCUT2D eigenvalue weighted by molar-refractivity contribution is 0.628. The number of hydrogen-bond acceptors (Lipinski definition) is 4. The molecule has 4 nitrogen and oxygen atoms in total. The molecule has 0 fully saturated rings. The SMILES string of the molecule is Cc1nnc2n1N=C(c1cc(F)c(Cl)cc1Cl)/C(=C/c1ccc(Cl)cc1)S2. The minimum Gasteiger partial charge on any atom is -0.205 e.